The molecule has 1 aliphatic heterocycles. The zero-order valence-electron chi connectivity index (χ0n) is 19.4. The molecule has 4 rings (SSSR count). The molecule has 1 unspecified atom stereocenters. The highest BCUT2D eigenvalue weighted by Crippen LogP contribution is 2.46. The minimum absolute atomic E-state index is 0.106. The van der Waals surface area contributed by atoms with Gasteiger partial charge in [-0.2, -0.15) is 5.10 Å². The zero-order valence-corrected chi connectivity index (χ0v) is 19.4. The lowest BCUT2D eigenvalue weighted by atomic mass is 9.93. The summed E-state index contributed by atoms with van der Waals surface area (Å²) in [6, 6.07) is 9.03. The van der Waals surface area contributed by atoms with Gasteiger partial charge in [-0.3, -0.25) is 9.89 Å². The molecule has 1 aliphatic rings. The summed E-state index contributed by atoms with van der Waals surface area (Å²) < 4.78 is 11.3. The van der Waals surface area contributed by atoms with E-state index in [4.69, 9.17) is 9.47 Å². The van der Waals surface area contributed by atoms with Crippen LogP contribution in [0.1, 0.15) is 52.1 Å². The summed E-state index contributed by atoms with van der Waals surface area (Å²) in [5.74, 6) is 1.22. The molecule has 0 radical (unpaired) electrons. The number of carbonyl (C=O) groups is 1. The van der Waals surface area contributed by atoms with E-state index in [0.717, 1.165) is 28.7 Å². The van der Waals surface area contributed by atoms with Gasteiger partial charge in [-0.15, -0.1) is 0 Å². The van der Waals surface area contributed by atoms with Crippen LogP contribution in [-0.2, 0) is 0 Å². The molecule has 7 nitrogen and oxygen atoms in total. The lowest BCUT2D eigenvalue weighted by Crippen LogP contribution is -2.30. The van der Waals surface area contributed by atoms with Crippen LogP contribution in [0.3, 0.4) is 0 Å². The quantitative estimate of drug-likeness (QED) is 0.478. The molecule has 33 heavy (non-hydrogen) atoms. The molecule has 1 aromatic heterocycles. The second-order valence-corrected chi connectivity index (χ2v) is 8.25. The van der Waals surface area contributed by atoms with E-state index in [-0.39, 0.29) is 17.7 Å². The first-order valence-electron chi connectivity index (χ1n) is 11.0. The Labute approximate surface area is 193 Å². The Morgan fingerprint density at radius 2 is 2.03 bits per heavy atom. The predicted octanol–water partition coefficient (Wildman–Crippen LogP) is 4.93. The van der Waals surface area contributed by atoms with Crippen molar-refractivity contribution in [1.82, 2.24) is 15.1 Å². The fourth-order valence-electron chi connectivity index (χ4n) is 4.58. The smallest absolute Gasteiger partial charge is 0.273 e. The van der Waals surface area contributed by atoms with Crippen LogP contribution in [0, 0.1) is 13.8 Å². The number of aryl methyl sites for hydroxylation is 2. The van der Waals surface area contributed by atoms with Crippen molar-refractivity contribution in [3.05, 3.63) is 70.9 Å². The number of hydrogen-bond acceptors (Lipinski definition) is 5. The molecule has 0 spiro atoms. The molecule has 3 aromatic rings. The Kier molecular flexibility index (Phi) is 6.14. The number of amides is 1. The third kappa shape index (κ3) is 3.84. The SMILES string of the molecule is C=CCOc1ccc(C2c3c(-c4c(C)cc(C)cc4O)n[nH]c3C(=O)N2CCC)cc1OC. The molecule has 172 valence electrons. The molecule has 0 fully saturated rings. The molecule has 0 saturated heterocycles. The third-order valence-corrected chi connectivity index (χ3v) is 5.88. The number of carbonyl (C=O) groups excluding carboxylic acids is 1. The molecule has 0 aliphatic carbocycles. The maximum atomic E-state index is 13.3. The van der Waals surface area contributed by atoms with Crippen LogP contribution in [-0.4, -0.2) is 46.4 Å². The molecule has 2 aromatic carbocycles. The number of nitrogens with one attached hydrogen (secondary N) is 1. The number of aromatic nitrogens is 2. The lowest BCUT2D eigenvalue weighted by Gasteiger charge is -2.26. The number of phenolic OH excluding ortho intramolecular Hbond substituents is 1. The molecule has 0 bridgehead atoms. The number of aromatic hydroxyl groups is 1. The normalized spacial score (nSPS) is 15.0. The van der Waals surface area contributed by atoms with Crippen LogP contribution >= 0.6 is 0 Å². The average Bonchev–Trinajstić information content (AvgIpc) is 3.31. The van der Waals surface area contributed by atoms with Crippen molar-refractivity contribution in [3.8, 4) is 28.5 Å². The lowest BCUT2D eigenvalue weighted by molar-refractivity contribution is 0.0743. The number of ether oxygens (including phenoxy) is 2. The highest BCUT2D eigenvalue weighted by atomic mass is 16.5. The first-order chi connectivity index (χ1) is 15.9. The van der Waals surface area contributed by atoms with Crippen molar-refractivity contribution >= 4 is 5.91 Å². The van der Waals surface area contributed by atoms with Gasteiger partial charge in [-0.1, -0.05) is 31.7 Å². The largest absolute Gasteiger partial charge is 0.507 e. The Bertz CT molecular complexity index is 1190. The number of nitrogens with zero attached hydrogens (tertiary/aromatic N) is 2. The van der Waals surface area contributed by atoms with Gasteiger partial charge in [0.1, 0.15) is 23.7 Å². The number of phenols is 1. The second kappa shape index (κ2) is 9.02. The van der Waals surface area contributed by atoms with E-state index in [9.17, 15) is 9.90 Å². The van der Waals surface area contributed by atoms with Crippen molar-refractivity contribution in [2.24, 2.45) is 0 Å². The highest BCUT2D eigenvalue weighted by Gasteiger charge is 2.42. The van der Waals surface area contributed by atoms with Gasteiger partial charge in [0.25, 0.3) is 5.91 Å². The molecular formula is C26H29N3O4. The van der Waals surface area contributed by atoms with Gasteiger partial charge < -0.3 is 19.5 Å². The average molecular weight is 448 g/mol. The number of hydrogen-bond donors (Lipinski definition) is 2. The van der Waals surface area contributed by atoms with E-state index in [1.807, 2.05) is 49.9 Å². The maximum absolute atomic E-state index is 13.3. The van der Waals surface area contributed by atoms with Crippen molar-refractivity contribution in [2.45, 2.75) is 33.2 Å². The van der Waals surface area contributed by atoms with Gasteiger partial charge in [-0.05, 0) is 55.2 Å². The van der Waals surface area contributed by atoms with Crippen LogP contribution in [0.15, 0.2) is 43.0 Å². The van der Waals surface area contributed by atoms with Crippen molar-refractivity contribution < 1.29 is 19.4 Å². The third-order valence-electron chi connectivity index (χ3n) is 5.88. The second-order valence-electron chi connectivity index (χ2n) is 8.25. The van der Waals surface area contributed by atoms with Crippen LogP contribution in [0.5, 0.6) is 17.2 Å². The summed E-state index contributed by atoms with van der Waals surface area (Å²) in [4.78, 5) is 15.2. The highest BCUT2D eigenvalue weighted by molar-refractivity contribution is 6.00. The summed E-state index contributed by atoms with van der Waals surface area (Å²) in [5, 5.41) is 18.2. The summed E-state index contributed by atoms with van der Waals surface area (Å²) in [5.41, 5.74) is 5.17. The Hall–Kier alpha value is -3.74. The van der Waals surface area contributed by atoms with Gasteiger partial charge in [-0.25, -0.2) is 0 Å². The first-order valence-corrected chi connectivity index (χ1v) is 11.0. The Morgan fingerprint density at radius 3 is 2.70 bits per heavy atom. The predicted molar refractivity (Wildman–Crippen MR) is 127 cm³/mol. The molecule has 7 heteroatoms. The van der Waals surface area contributed by atoms with Gasteiger partial charge in [0, 0.05) is 17.7 Å². The monoisotopic (exact) mass is 447 g/mol. The number of methoxy groups -OCH3 is 1. The van der Waals surface area contributed by atoms with Crippen molar-refractivity contribution in [3.63, 3.8) is 0 Å². The van der Waals surface area contributed by atoms with E-state index in [2.05, 4.69) is 16.8 Å². The number of aromatic amines is 1. The van der Waals surface area contributed by atoms with Gasteiger partial charge >= 0.3 is 0 Å². The van der Waals surface area contributed by atoms with Crippen LogP contribution in [0.25, 0.3) is 11.3 Å². The van der Waals surface area contributed by atoms with Gasteiger partial charge in [0.05, 0.1) is 13.2 Å². The Balaban J connectivity index is 1.89. The van der Waals surface area contributed by atoms with Crippen molar-refractivity contribution in [1.29, 1.82) is 0 Å². The molecule has 1 atom stereocenters. The molecule has 0 saturated carbocycles. The number of rotatable bonds is 8. The van der Waals surface area contributed by atoms with Crippen LogP contribution < -0.4 is 9.47 Å². The summed E-state index contributed by atoms with van der Waals surface area (Å²) >= 11 is 0. The number of fused-ring (bicyclic) bond motifs is 1. The standard InChI is InChI=1S/C26H29N3O4/c1-6-10-29-25(17-8-9-19(33-11-7-2)20(14-17)32-5)22-23(27-28-24(22)26(29)31)21-16(4)12-15(3)13-18(21)30/h7-9,12-14,25,30H,2,6,10-11H2,1,3-5H3,(H,27,28). The van der Waals surface area contributed by atoms with Gasteiger partial charge in [0.2, 0.25) is 0 Å². The van der Waals surface area contributed by atoms with E-state index in [1.54, 1.807) is 19.3 Å². The zero-order chi connectivity index (χ0) is 23.7. The maximum Gasteiger partial charge on any atom is 0.273 e. The minimum atomic E-state index is -0.372. The summed E-state index contributed by atoms with van der Waals surface area (Å²) in [6.07, 6.45) is 2.48. The molecular weight excluding hydrogens is 418 g/mol. The molecule has 2 heterocycles. The summed E-state index contributed by atoms with van der Waals surface area (Å²) in [6.45, 7) is 10.5. The first kappa shape index (κ1) is 22.5. The van der Waals surface area contributed by atoms with Crippen LogP contribution in [0.2, 0.25) is 0 Å². The van der Waals surface area contributed by atoms with E-state index < -0.39 is 0 Å². The number of H-pyrrole nitrogens is 1. The number of benzene rings is 2. The fourth-order valence-corrected chi connectivity index (χ4v) is 4.58. The van der Waals surface area contributed by atoms with Crippen molar-refractivity contribution in [2.75, 3.05) is 20.3 Å². The Morgan fingerprint density at radius 1 is 1.24 bits per heavy atom. The fraction of sp³-hybridized carbons (Fsp3) is 0.308. The summed E-state index contributed by atoms with van der Waals surface area (Å²) in [7, 11) is 1.59. The van der Waals surface area contributed by atoms with Gasteiger partial charge in [0.15, 0.2) is 11.5 Å². The topological polar surface area (TPSA) is 87.7 Å². The molecule has 2 N–H and O–H groups in total. The van der Waals surface area contributed by atoms with E-state index in [0.29, 0.717) is 41.6 Å². The molecule has 1 amide bonds. The minimum Gasteiger partial charge on any atom is -0.507 e. The van der Waals surface area contributed by atoms with E-state index in [1.165, 1.54) is 0 Å². The van der Waals surface area contributed by atoms with Crippen LogP contribution in [0.4, 0.5) is 0 Å². The van der Waals surface area contributed by atoms with E-state index >= 15 is 0 Å².